The summed E-state index contributed by atoms with van der Waals surface area (Å²) in [5, 5.41) is 51.6. The van der Waals surface area contributed by atoms with Gasteiger partial charge in [0.25, 0.3) is 0 Å². The van der Waals surface area contributed by atoms with Crippen LogP contribution in [0.2, 0.25) is 0 Å². The Morgan fingerprint density at radius 1 is 0.704 bits per heavy atom. The number of aliphatic imine (C=N–C) groups is 1. The number of carboxylic acid groups (broad SMARTS) is 3. The second-order valence-electron chi connectivity index (χ2n) is 16.9. The number of carbonyl (C=O) groups is 10. The predicted molar refractivity (Wildman–Crippen MR) is 251 cm³/mol. The molecule has 2 aromatic carbocycles. The van der Waals surface area contributed by atoms with Crippen molar-refractivity contribution in [2.45, 2.75) is 113 Å². The van der Waals surface area contributed by atoms with Gasteiger partial charge in [0.15, 0.2) is 5.96 Å². The Labute approximate surface area is 405 Å². The molecular weight excluding hydrogens is 933 g/mol. The third-order valence-corrected chi connectivity index (χ3v) is 11.4. The lowest BCUT2D eigenvalue weighted by molar-refractivity contribution is -0.144. The Balaban J connectivity index is 1.66. The van der Waals surface area contributed by atoms with Crippen LogP contribution in [0.4, 0.5) is 0 Å². The standard InChI is InChI=1S/C45H60N12O14/c46-27(21-37(62)63)43(69)57-18-4-8-34(57)42(68)56-32(19-23-9-11-25(58)12-10-23)40(66)55-33(20-24-22-51-28-6-2-1-5-26(24)28)41(67)53-30(14-16-36(60)61)38(64)52-29(13-15-35(47)59)39(65)54-31(44(70)71)7-3-17-50-45(48)49/h1-2,5-6,9-12,22,27,29-34,51,58H,3-4,7-8,13-21,46H2,(H2,47,59)(H,52,64)(H,53,67)(H,54,65)(H,55,66)(H,56,68)(H,60,61)(H,62,63)(H,70,71)(H4,48,49,50)/t27-,29-,30-,31-,32-,33-,34-/m0/s1. The van der Waals surface area contributed by atoms with E-state index in [2.05, 4.69) is 36.6 Å². The molecule has 1 saturated heterocycles. The number of aromatic nitrogens is 1. The molecule has 1 aliphatic rings. The average Bonchev–Trinajstić information content (AvgIpc) is 3.97. The maximum Gasteiger partial charge on any atom is 0.326 e. The van der Waals surface area contributed by atoms with E-state index in [1.54, 1.807) is 30.5 Å². The van der Waals surface area contributed by atoms with Crippen LogP contribution in [0.5, 0.6) is 5.75 Å². The topological polar surface area (TPSA) is 447 Å². The molecule has 18 N–H and O–H groups in total. The summed E-state index contributed by atoms with van der Waals surface area (Å²) in [6.45, 7) is 0.0998. The molecule has 7 atom stereocenters. The number of carbonyl (C=O) groups excluding carboxylic acids is 7. The van der Waals surface area contributed by atoms with Gasteiger partial charge in [-0.15, -0.1) is 0 Å². The molecular formula is C45H60N12O14. The minimum Gasteiger partial charge on any atom is -0.508 e. The van der Waals surface area contributed by atoms with Crippen LogP contribution >= 0.6 is 0 Å². The summed E-state index contributed by atoms with van der Waals surface area (Å²) in [6, 6.07) is 2.07. The van der Waals surface area contributed by atoms with Gasteiger partial charge in [-0.3, -0.25) is 48.1 Å². The number of H-pyrrole nitrogens is 1. The summed E-state index contributed by atoms with van der Waals surface area (Å²) < 4.78 is 0. The number of hydrogen-bond donors (Lipinski definition) is 14. The smallest absolute Gasteiger partial charge is 0.326 e. The van der Waals surface area contributed by atoms with Crippen molar-refractivity contribution in [1.82, 2.24) is 36.5 Å². The van der Waals surface area contributed by atoms with E-state index >= 15 is 0 Å². The molecule has 0 saturated carbocycles. The number of carboxylic acids is 3. The average molecular weight is 993 g/mol. The van der Waals surface area contributed by atoms with Crippen LogP contribution in [-0.2, 0) is 60.8 Å². The van der Waals surface area contributed by atoms with E-state index in [1.165, 1.54) is 24.3 Å². The highest BCUT2D eigenvalue weighted by atomic mass is 16.4. The minimum atomic E-state index is -1.73. The quantitative estimate of drug-likeness (QED) is 0.0198. The Morgan fingerprint density at radius 3 is 1.87 bits per heavy atom. The van der Waals surface area contributed by atoms with Crippen LogP contribution in [0.25, 0.3) is 10.9 Å². The number of amides is 7. The molecule has 1 fully saturated rings. The number of rotatable bonds is 28. The second kappa shape index (κ2) is 26.5. The number of hydrogen-bond acceptors (Lipinski definition) is 13. The number of benzene rings is 2. The summed E-state index contributed by atoms with van der Waals surface area (Å²) in [5.74, 6) is -11.1. The van der Waals surface area contributed by atoms with Crippen molar-refractivity contribution in [3.05, 3.63) is 65.9 Å². The van der Waals surface area contributed by atoms with E-state index < -0.39 is 134 Å². The van der Waals surface area contributed by atoms with Gasteiger partial charge in [-0.2, -0.15) is 0 Å². The van der Waals surface area contributed by atoms with Gasteiger partial charge in [-0.1, -0.05) is 30.3 Å². The Bertz CT molecular complexity index is 2460. The van der Waals surface area contributed by atoms with Crippen molar-refractivity contribution in [1.29, 1.82) is 0 Å². The lowest BCUT2D eigenvalue weighted by Crippen LogP contribution is -2.60. The number of guanidine groups is 1. The molecule has 2 heterocycles. The molecule has 0 bridgehead atoms. The van der Waals surface area contributed by atoms with Crippen molar-refractivity contribution in [3.8, 4) is 5.75 Å². The predicted octanol–water partition coefficient (Wildman–Crippen LogP) is -2.86. The number of nitrogens with one attached hydrogen (secondary N) is 6. The number of nitrogens with two attached hydrogens (primary N) is 4. The highest BCUT2D eigenvalue weighted by Crippen LogP contribution is 2.22. The number of phenolic OH excluding ortho intramolecular Hbond substituents is 1. The van der Waals surface area contributed by atoms with Crippen LogP contribution in [0, 0.1) is 0 Å². The minimum absolute atomic E-state index is 0.0266. The molecule has 4 rings (SSSR count). The van der Waals surface area contributed by atoms with E-state index in [1.807, 2.05) is 0 Å². The van der Waals surface area contributed by atoms with Crippen molar-refractivity contribution in [3.63, 3.8) is 0 Å². The normalized spacial score (nSPS) is 15.7. The summed E-state index contributed by atoms with van der Waals surface area (Å²) in [5.41, 5.74) is 23.4. The van der Waals surface area contributed by atoms with Crippen LogP contribution in [0.3, 0.4) is 0 Å². The zero-order chi connectivity index (χ0) is 52.4. The maximum absolute atomic E-state index is 14.5. The van der Waals surface area contributed by atoms with Gasteiger partial charge in [0.05, 0.1) is 12.5 Å². The number of primary amides is 1. The summed E-state index contributed by atoms with van der Waals surface area (Å²) in [4.78, 5) is 139. The van der Waals surface area contributed by atoms with E-state index in [0.717, 1.165) is 4.90 Å². The number of fused-ring (bicyclic) bond motifs is 1. The zero-order valence-corrected chi connectivity index (χ0v) is 38.5. The highest BCUT2D eigenvalue weighted by molar-refractivity contribution is 5.98. The number of para-hydroxylation sites is 1. The first kappa shape index (κ1) is 55.3. The Kier molecular flexibility index (Phi) is 20.6. The van der Waals surface area contributed by atoms with E-state index in [9.17, 15) is 68.4 Å². The van der Waals surface area contributed by atoms with Crippen LogP contribution in [0.1, 0.15) is 68.9 Å². The highest BCUT2D eigenvalue weighted by Gasteiger charge is 2.39. The van der Waals surface area contributed by atoms with Gasteiger partial charge in [0, 0.05) is 55.9 Å². The Morgan fingerprint density at radius 2 is 1.28 bits per heavy atom. The first-order valence-corrected chi connectivity index (χ1v) is 22.5. The second-order valence-corrected chi connectivity index (χ2v) is 16.9. The number of likely N-dealkylation sites (tertiary alicyclic amines) is 1. The third kappa shape index (κ3) is 17.3. The monoisotopic (exact) mass is 992 g/mol. The fourth-order valence-corrected chi connectivity index (χ4v) is 7.81. The molecule has 384 valence electrons. The molecule has 0 unspecified atom stereocenters. The van der Waals surface area contributed by atoms with E-state index in [0.29, 0.717) is 28.5 Å². The maximum atomic E-state index is 14.5. The summed E-state index contributed by atoms with van der Waals surface area (Å²) >= 11 is 0. The fraction of sp³-hybridized carbons (Fsp3) is 0.444. The van der Waals surface area contributed by atoms with Crippen molar-refractivity contribution < 1.29 is 68.4 Å². The molecule has 7 amide bonds. The molecule has 71 heavy (non-hydrogen) atoms. The number of aromatic hydroxyl groups is 1. The first-order chi connectivity index (χ1) is 33.6. The zero-order valence-electron chi connectivity index (χ0n) is 38.5. The van der Waals surface area contributed by atoms with Crippen molar-refractivity contribution in [2.75, 3.05) is 13.1 Å². The van der Waals surface area contributed by atoms with Gasteiger partial charge < -0.3 is 79.8 Å². The van der Waals surface area contributed by atoms with Gasteiger partial charge in [0.2, 0.25) is 41.4 Å². The molecule has 0 radical (unpaired) electrons. The Hall–Kier alpha value is -8.29. The van der Waals surface area contributed by atoms with Crippen LogP contribution < -0.4 is 49.5 Å². The molecule has 0 aliphatic carbocycles. The molecule has 1 aliphatic heterocycles. The lowest BCUT2D eigenvalue weighted by Gasteiger charge is -2.29. The molecule has 1 aromatic heterocycles. The van der Waals surface area contributed by atoms with E-state index in [-0.39, 0.29) is 56.9 Å². The first-order valence-electron chi connectivity index (χ1n) is 22.5. The van der Waals surface area contributed by atoms with Crippen molar-refractivity contribution in [2.24, 2.45) is 27.9 Å². The number of aliphatic carboxylic acids is 3. The third-order valence-electron chi connectivity index (χ3n) is 11.4. The number of nitrogens with zero attached hydrogens (tertiary/aromatic N) is 2. The molecule has 3 aromatic rings. The molecule has 26 heteroatoms. The van der Waals surface area contributed by atoms with Gasteiger partial charge in [-0.25, -0.2) is 4.79 Å². The summed E-state index contributed by atoms with van der Waals surface area (Å²) in [7, 11) is 0. The van der Waals surface area contributed by atoms with Gasteiger partial charge in [-0.05, 0) is 67.9 Å². The molecule has 0 spiro atoms. The van der Waals surface area contributed by atoms with Gasteiger partial charge >= 0.3 is 17.9 Å². The van der Waals surface area contributed by atoms with Gasteiger partial charge in [0.1, 0.15) is 42.0 Å². The lowest BCUT2D eigenvalue weighted by atomic mass is 10.0. The number of phenols is 1. The number of aromatic amines is 1. The summed E-state index contributed by atoms with van der Waals surface area (Å²) in [6.07, 6.45) is -1.34. The van der Waals surface area contributed by atoms with Crippen LogP contribution in [-0.4, -0.2) is 151 Å². The largest absolute Gasteiger partial charge is 0.508 e. The fourth-order valence-electron chi connectivity index (χ4n) is 7.81. The molecule has 26 nitrogen and oxygen atoms in total. The van der Waals surface area contributed by atoms with E-state index in [4.69, 9.17) is 22.9 Å². The van der Waals surface area contributed by atoms with Crippen LogP contribution in [0.15, 0.2) is 59.7 Å². The van der Waals surface area contributed by atoms with Crippen molar-refractivity contribution >= 4 is 76.1 Å². The SMILES string of the molecule is NC(=O)CC[C@H](NC(=O)[C@H](CCC(=O)O)NC(=O)[C@H](Cc1c[nH]c2ccccc12)NC(=O)[C@H](Cc1ccc(O)cc1)NC(=O)[C@@H]1CCCN1C(=O)[C@@H](N)CC(=O)O)C(=O)N[C@@H](CCCN=C(N)N)C(=O)O.